The molecule has 0 saturated heterocycles. The predicted octanol–water partition coefficient (Wildman–Crippen LogP) is 2.07. The molecule has 9 heteroatoms. The maximum Gasteiger partial charge on any atom is 0.266 e. The number of hydrogen-bond acceptors (Lipinski definition) is 7. The standard InChI is InChI=1S/C22H19N3O6/c26-21(23-11-14-1-4-17-19(9-14)30-12-28-17)7-8-25-22(27)6-3-16(24-25)15-2-5-18-20(10-15)31-13-29-18/h1-6,9-10H,7-8,11-13H2,(H,23,26). The summed E-state index contributed by atoms with van der Waals surface area (Å²) in [6.07, 6.45) is 0.127. The summed E-state index contributed by atoms with van der Waals surface area (Å²) < 4.78 is 22.6. The Labute approximate surface area is 177 Å². The van der Waals surface area contributed by atoms with Gasteiger partial charge in [-0.3, -0.25) is 9.59 Å². The second-order valence-electron chi connectivity index (χ2n) is 7.06. The van der Waals surface area contributed by atoms with Crippen LogP contribution in [0.5, 0.6) is 23.0 Å². The van der Waals surface area contributed by atoms with Gasteiger partial charge in [0.2, 0.25) is 19.5 Å². The second-order valence-corrected chi connectivity index (χ2v) is 7.06. The zero-order valence-corrected chi connectivity index (χ0v) is 16.5. The van der Waals surface area contributed by atoms with E-state index in [0.29, 0.717) is 35.2 Å². The van der Waals surface area contributed by atoms with Gasteiger partial charge < -0.3 is 24.3 Å². The molecule has 0 atom stereocenters. The van der Waals surface area contributed by atoms with E-state index in [9.17, 15) is 9.59 Å². The number of nitrogens with one attached hydrogen (secondary N) is 1. The molecule has 0 spiro atoms. The molecule has 0 aliphatic carbocycles. The van der Waals surface area contributed by atoms with Crippen LogP contribution in [0.2, 0.25) is 0 Å². The fourth-order valence-electron chi connectivity index (χ4n) is 3.37. The Kier molecular flexibility index (Phi) is 4.91. The first-order chi connectivity index (χ1) is 15.2. The third-order valence-electron chi connectivity index (χ3n) is 5.01. The number of rotatable bonds is 6. The number of fused-ring (bicyclic) bond motifs is 2. The largest absolute Gasteiger partial charge is 0.454 e. The van der Waals surface area contributed by atoms with Crippen LogP contribution in [0, 0.1) is 0 Å². The highest BCUT2D eigenvalue weighted by molar-refractivity contribution is 5.75. The van der Waals surface area contributed by atoms with Crippen molar-refractivity contribution in [3.05, 3.63) is 64.4 Å². The predicted molar refractivity (Wildman–Crippen MR) is 109 cm³/mol. The van der Waals surface area contributed by atoms with Crippen molar-refractivity contribution in [3.8, 4) is 34.3 Å². The summed E-state index contributed by atoms with van der Waals surface area (Å²) in [6.45, 7) is 0.921. The van der Waals surface area contributed by atoms with Crippen LogP contribution in [0.4, 0.5) is 0 Å². The summed E-state index contributed by atoms with van der Waals surface area (Å²) >= 11 is 0. The Morgan fingerprint density at radius 3 is 2.42 bits per heavy atom. The Hall–Kier alpha value is -4.01. The normalized spacial score (nSPS) is 13.3. The molecule has 158 valence electrons. The summed E-state index contributed by atoms with van der Waals surface area (Å²) in [6, 6.07) is 14.1. The second kappa shape index (κ2) is 8.02. The monoisotopic (exact) mass is 421 g/mol. The number of hydrogen-bond donors (Lipinski definition) is 1. The molecule has 0 fully saturated rings. The average Bonchev–Trinajstić information content (AvgIpc) is 3.45. The molecule has 0 radical (unpaired) electrons. The van der Waals surface area contributed by atoms with Gasteiger partial charge in [-0.2, -0.15) is 5.10 Å². The number of aryl methyl sites for hydroxylation is 1. The summed E-state index contributed by atoms with van der Waals surface area (Å²) in [5, 5.41) is 7.24. The molecular formula is C22H19N3O6. The first-order valence-electron chi connectivity index (χ1n) is 9.79. The number of nitrogens with zero attached hydrogens (tertiary/aromatic N) is 2. The van der Waals surface area contributed by atoms with Crippen molar-refractivity contribution in [2.45, 2.75) is 19.5 Å². The van der Waals surface area contributed by atoms with Crippen LogP contribution in [0.15, 0.2) is 53.3 Å². The van der Waals surface area contributed by atoms with Gasteiger partial charge in [-0.1, -0.05) is 6.07 Å². The number of carbonyl (C=O) groups excluding carboxylic acids is 1. The molecule has 0 unspecified atom stereocenters. The lowest BCUT2D eigenvalue weighted by Gasteiger charge is -2.09. The Bertz CT molecular complexity index is 1210. The zero-order chi connectivity index (χ0) is 21.2. The minimum absolute atomic E-state index is 0.127. The van der Waals surface area contributed by atoms with Crippen molar-refractivity contribution in [2.24, 2.45) is 0 Å². The maximum absolute atomic E-state index is 12.3. The zero-order valence-electron chi connectivity index (χ0n) is 16.5. The molecule has 0 bridgehead atoms. The quantitative estimate of drug-likeness (QED) is 0.650. The molecule has 31 heavy (non-hydrogen) atoms. The molecule has 1 N–H and O–H groups in total. The van der Waals surface area contributed by atoms with E-state index < -0.39 is 0 Å². The van der Waals surface area contributed by atoms with Gasteiger partial charge in [0.05, 0.1) is 12.2 Å². The molecule has 3 heterocycles. The van der Waals surface area contributed by atoms with Crippen LogP contribution < -0.4 is 29.8 Å². The number of ether oxygens (including phenoxy) is 4. The fourth-order valence-corrected chi connectivity index (χ4v) is 3.37. The average molecular weight is 421 g/mol. The van der Waals surface area contributed by atoms with Gasteiger partial charge in [-0.15, -0.1) is 0 Å². The van der Waals surface area contributed by atoms with E-state index >= 15 is 0 Å². The SMILES string of the molecule is O=C(CCn1nc(-c2ccc3c(c2)OCO3)ccc1=O)NCc1ccc2c(c1)OCO2. The molecule has 3 aromatic rings. The van der Waals surface area contributed by atoms with Gasteiger partial charge in [0.1, 0.15) is 0 Å². The third-order valence-corrected chi connectivity index (χ3v) is 5.01. The van der Waals surface area contributed by atoms with E-state index in [0.717, 1.165) is 11.1 Å². The molecule has 2 aliphatic heterocycles. The van der Waals surface area contributed by atoms with Crippen molar-refractivity contribution >= 4 is 5.91 Å². The number of benzene rings is 2. The van der Waals surface area contributed by atoms with Crippen LogP contribution >= 0.6 is 0 Å². The molecule has 2 aliphatic rings. The Balaban J connectivity index is 1.21. The van der Waals surface area contributed by atoms with Gasteiger partial charge in [0, 0.05) is 24.6 Å². The summed E-state index contributed by atoms with van der Waals surface area (Å²) in [5.74, 6) is 2.50. The van der Waals surface area contributed by atoms with Crippen molar-refractivity contribution in [1.29, 1.82) is 0 Å². The van der Waals surface area contributed by atoms with Crippen LogP contribution in [0.3, 0.4) is 0 Å². The van der Waals surface area contributed by atoms with E-state index in [4.69, 9.17) is 18.9 Å². The minimum Gasteiger partial charge on any atom is -0.454 e. The van der Waals surface area contributed by atoms with E-state index in [1.54, 1.807) is 12.1 Å². The van der Waals surface area contributed by atoms with Crippen molar-refractivity contribution in [3.63, 3.8) is 0 Å². The molecule has 2 aromatic carbocycles. The van der Waals surface area contributed by atoms with Crippen molar-refractivity contribution in [2.75, 3.05) is 13.6 Å². The van der Waals surface area contributed by atoms with E-state index in [2.05, 4.69) is 10.4 Å². The minimum atomic E-state index is -0.270. The first kappa shape index (κ1) is 19.0. The summed E-state index contributed by atoms with van der Waals surface area (Å²) in [4.78, 5) is 24.5. The Morgan fingerprint density at radius 2 is 1.61 bits per heavy atom. The summed E-state index contributed by atoms with van der Waals surface area (Å²) in [7, 11) is 0. The number of carbonyl (C=O) groups is 1. The number of aromatic nitrogens is 2. The highest BCUT2D eigenvalue weighted by Gasteiger charge is 2.16. The lowest BCUT2D eigenvalue weighted by atomic mass is 10.1. The van der Waals surface area contributed by atoms with E-state index in [1.807, 2.05) is 30.3 Å². The van der Waals surface area contributed by atoms with Gasteiger partial charge in [-0.05, 0) is 42.0 Å². The van der Waals surface area contributed by atoms with Gasteiger partial charge in [-0.25, -0.2) is 4.68 Å². The van der Waals surface area contributed by atoms with Gasteiger partial charge >= 0.3 is 0 Å². The van der Waals surface area contributed by atoms with E-state index in [-0.39, 0.29) is 38.0 Å². The van der Waals surface area contributed by atoms with Crippen LogP contribution in [-0.4, -0.2) is 29.3 Å². The third kappa shape index (κ3) is 4.02. The molecular weight excluding hydrogens is 402 g/mol. The first-order valence-corrected chi connectivity index (χ1v) is 9.79. The summed E-state index contributed by atoms with van der Waals surface area (Å²) in [5.41, 5.74) is 2.04. The Morgan fingerprint density at radius 1 is 0.903 bits per heavy atom. The molecule has 5 rings (SSSR count). The molecule has 0 saturated carbocycles. The van der Waals surface area contributed by atoms with Crippen LogP contribution in [-0.2, 0) is 17.9 Å². The topological polar surface area (TPSA) is 101 Å². The molecule has 9 nitrogen and oxygen atoms in total. The molecule has 1 amide bonds. The highest BCUT2D eigenvalue weighted by atomic mass is 16.7. The number of amides is 1. The van der Waals surface area contributed by atoms with Crippen molar-refractivity contribution < 1.29 is 23.7 Å². The smallest absolute Gasteiger partial charge is 0.266 e. The lowest BCUT2D eigenvalue weighted by Crippen LogP contribution is -2.28. The van der Waals surface area contributed by atoms with Crippen molar-refractivity contribution in [1.82, 2.24) is 15.1 Å². The molecule has 1 aromatic heterocycles. The van der Waals surface area contributed by atoms with E-state index in [1.165, 1.54) is 10.7 Å². The lowest BCUT2D eigenvalue weighted by molar-refractivity contribution is -0.121. The van der Waals surface area contributed by atoms with Gasteiger partial charge in [0.25, 0.3) is 5.56 Å². The van der Waals surface area contributed by atoms with Crippen LogP contribution in [0.25, 0.3) is 11.3 Å². The highest BCUT2D eigenvalue weighted by Crippen LogP contribution is 2.35. The van der Waals surface area contributed by atoms with Crippen LogP contribution in [0.1, 0.15) is 12.0 Å². The fraction of sp³-hybridized carbons (Fsp3) is 0.227. The maximum atomic E-state index is 12.3. The van der Waals surface area contributed by atoms with Gasteiger partial charge in [0.15, 0.2) is 23.0 Å².